The summed E-state index contributed by atoms with van der Waals surface area (Å²) >= 11 is 0. The molecule has 1 aromatic rings. The molecule has 108 valence electrons. The Labute approximate surface area is 114 Å². The van der Waals surface area contributed by atoms with E-state index in [0.29, 0.717) is 12.2 Å². The van der Waals surface area contributed by atoms with Crippen molar-refractivity contribution in [3.8, 4) is 0 Å². The number of nitrogens with zero attached hydrogens (tertiary/aromatic N) is 1. The summed E-state index contributed by atoms with van der Waals surface area (Å²) in [7, 11) is -3.23. The molecule has 0 radical (unpaired) electrons. The number of hydrogen-bond donors (Lipinski definition) is 2. The first-order valence-electron chi connectivity index (χ1n) is 5.43. The highest BCUT2D eigenvalue weighted by Gasteiger charge is 2.19. The lowest BCUT2D eigenvalue weighted by Crippen LogP contribution is -2.25. The first-order chi connectivity index (χ1) is 8.74. The number of carboxylic acid groups (broad SMARTS) is 1. The van der Waals surface area contributed by atoms with Gasteiger partial charge in [0, 0.05) is 42.6 Å². The SMILES string of the molecule is Cn1cc(S(=O)(=O)NCCCS(C)=O)cc1C(=O)O. The van der Waals surface area contributed by atoms with E-state index >= 15 is 0 Å². The van der Waals surface area contributed by atoms with Gasteiger partial charge in [-0.2, -0.15) is 0 Å². The van der Waals surface area contributed by atoms with Crippen molar-refractivity contribution in [3.63, 3.8) is 0 Å². The van der Waals surface area contributed by atoms with Crippen LogP contribution in [0.25, 0.3) is 0 Å². The number of nitrogens with one attached hydrogen (secondary N) is 1. The van der Waals surface area contributed by atoms with Crippen LogP contribution in [0, 0.1) is 0 Å². The zero-order valence-corrected chi connectivity index (χ0v) is 12.3. The van der Waals surface area contributed by atoms with Crippen molar-refractivity contribution >= 4 is 26.8 Å². The second-order valence-corrected chi connectivity index (χ2v) is 7.33. The van der Waals surface area contributed by atoms with Gasteiger partial charge in [0.1, 0.15) is 10.6 Å². The van der Waals surface area contributed by atoms with Crippen molar-refractivity contribution in [3.05, 3.63) is 18.0 Å². The third-order valence-corrected chi connectivity index (χ3v) is 4.70. The molecule has 9 heteroatoms. The zero-order chi connectivity index (χ0) is 14.6. The maximum absolute atomic E-state index is 11.9. The standard InChI is InChI=1S/C10H16N2O5S2/c1-12-7-8(6-9(12)10(13)14)19(16,17)11-4-3-5-18(2)15/h6-7,11H,3-5H2,1-2H3,(H,13,14). The van der Waals surface area contributed by atoms with Crippen molar-refractivity contribution in [2.45, 2.75) is 11.3 Å². The average Bonchev–Trinajstić information content (AvgIpc) is 2.67. The van der Waals surface area contributed by atoms with Crippen LogP contribution in [-0.4, -0.2) is 46.8 Å². The zero-order valence-electron chi connectivity index (χ0n) is 10.6. The normalized spacial score (nSPS) is 13.4. The summed E-state index contributed by atoms with van der Waals surface area (Å²) in [6, 6.07) is 1.10. The molecule has 1 aromatic heterocycles. The highest BCUT2D eigenvalue weighted by Crippen LogP contribution is 2.13. The quantitative estimate of drug-likeness (QED) is 0.677. The summed E-state index contributed by atoms with van der Waals surface area (Å²) in [5, 5.41) is 8.85. The molecule has 1 rings (SSSR count). The van der Waals surface area contributed by atoms with Gasteiger partial charge >= 0.3 is 5.97 Å². The van der Waals surface area contributed by atoms with E-state index in [2.05, 4.69) is 4.72 Å². The van der Waals surface area contributed by atoms with Crippen molar-refractivity contribution in [2.75, 3.05) is 18.6 Å². The van der Waals surface area contributed by atoms with Crippen LogP contribution in [0.4, 0.5) is 0 Å². The van der Waals surface area contributed by atoms with Gasteiger partial charge in [0.05, 0.1) is 0 Å². The van der Waals surface area contributed by atoms with E-state index in [-0.39, 0.29) is 17.1 Å². The molecule has 0 bridgehead atoms. The van der Waals surface area contributed by atoms with E-state index in [1.165, 1.54) is 17.8 Å². The average molecular weight is 308 g/mol. The highest BCUT2D eigenvalue weighted by atomic mass is 32.2. The summed E-state index contributed by atoms with van der Waals surface area (Å²) in [5.74, 6) is -0.775. The van der Waals surface area contributed by atoms with E-state index < -0.39 is 26.8 Å². The minimum absolute atomic E-state index is 0.0926. The molecule has 0 aromatic carbocycles. The molecule has 0 aliphatic rings. The third-order valence-electron chi connectivity index (χ3n) is 2.41. The van der Waals surface area contributed by atoms with Gasteiger partial charge in [-0.25, -0.2) is 17.9 Å². The minimum atomic E-state index is -3.73. The first-order valence-corrected chi connectivity index (χ1v) is 8.64. The van der Waals surface area contributed by atoms with E-state index in [4.69, 9.17) is 5.11 Å². The molecule has 0 amide bonds. The number of sulfonamides is 1. The Kier molecular flexibility index (Phi) is 5.27. The Morgan fingerprint density at radius 3 is 2.63 bits per heavy atom. The largest absolute Gasteiger partial charge is 0.477 e. The van der Waals surface area contributed by atoms with Crippen LogP contribution in [0.3, 0.4) is 0 Å². The molecule has 0 aliphatic heterocycles. The predicted octanol–water partition coefficient (Wildman–Crippen LogP) is -0.230. The van der Waals surface area contributed by atoms with Crippen molar-refractivity contribution in [1.29, 1.82) is 0 Å². The number of carboxylic acids is 1. The lowest BCUT2D eigenvalue weighted by atomic mass is 10.4. The van der Waals surface area contributed by atoms with Crippen molar-refractivity contribution < 1.29 is 22.5 Å². The topological polar surface area (TPSA) is 105 Å². The second-order valence-electron chi connectivity index (χ2n) is 4.01. The van der Waals surface area contributed by atoms with Gasteiger partial charge < -0.3 is 9.67 Å². The third kappa shape index (κ3) is 4.44. The molecule has 0 saturated carbocycles. The van der Waals surface area contributed by atoms with Crippen molar-refractivity contribution in [2.24, 2.45) is 7.05 Å². The Balaban J connectivity index is 2.75. The van der Waals surface area contributed by atoms with Gasteiger partial charge in [0.25, 0.3) is 0 Å². The van der Waals surface area contributed by atoms with E-state index in [9.17, 15) is 17.4 Å². The number of aromatic carboxylic acids is 1. The van der Waals surface area contributed by atoms with Crippen LogP contribution < -0.4 is 4.72 Å². The summed E-state index contributed by atoms with van der Waals surface area (Å²) < 4.78 is 38.1. The van der Waals surface area contributed by atoms with E-state index in [1.54, 1.807) is 6.26 Å². The monoisotopic (exact) mass is 308 g/mol. The number of hydrogen-bond acceptors (Lipinski definition) is 4. The molecule has 19 heavy (non-hydrogen) atoms. The molecule has 0 fully saturated rings. The minimum Gasteiger partial charge on any atom is -0.477 e. The number of aromatic nitrogens is 1. The number of aryl methyl sites for hydroxylation is 1. The maximum atomic E-state index is 11.9. The van der Waals surface area contributed by atoms with Crippen LogP contribution in [0.5, 0.6) is 0 Å². The molecule has 1 unspecified atom stereocenters. The lowest BCUT2D eigenvalue weighted by molar-refractivity contribution is 0.0686. The van der Waals surface area contributed by atoms with E-state index in [0.717, 1.165) is 6.07 Å². The fraction of sp³-hybridized carbons (Fsp3) is 0.500. The number of rotatable bonds is 7. The first kappa shape index (κ1) is 15.9. The van der Waals surface area contributed by atoms with Gasteiger partial charge in [-0.3, -0.25) is 4.21 Å². The molecular weight excluding hydrogens is 292 g/mol. The fourth-order valence-electron chi connectivity index (χ4n) is 1.46. The van der Waals surface area contributed by atoms with Crippen LogP contribution in [0.15, 0.2) is 17.2 Å². The van der Waals surface area contributed by atoms with E-state index in [1.807, 2.05) is 0 Å². The molecule has 1 atom stereocenters. The van der Waals surface area contributed by atoms with Gasteiger partial charge in [-0.05, 0) is 12.5 Å². The van der Waals surface area contributed by atoms with Crippen LogP contribution >= 0.6 is 0 Å². The molecule has 1 heterocycles. The smallest absolute Gasteiger partial charge is 0.352 e. The van der Waals surface area contributed by atoms with Crippen LogP contribution in [0.2, 0.25) is 0 Å². The van der Waals surface area contributed by atoms with Gasteiger partial charge in [0.2, 0.25) is 10.0 Å². The van der Waals surface area contributed by atoms with Gasteiger partial charge in [-0.15, -0.1) is 0 Å². The summed E-state index contributed by atoms with van der Waals surface area (Å²) in [6.45, 7) is 0.166. The molecule has 2 N–H and O–H groups in total. The van der Waals surface area contributed by atoms with Crippen molar-refractivity contribution in [1.82, 2.24) is 9.29 Å². The highest BCUT2D eigenvalue weighted by molar-refractivity contribution is 7.89. The van der Waals surface area contributed by atoms with Crippen LogP contribution in [-0.2, 0) is 27.9 Å². The molecule has 0 spiro atoms. The van der Waals surface area contributed by atoms with Crippen LogP contribution in [0.1, 0.15) is 16.9 Å². The fourth-order valence-corrected chi connectivity index (χ4v) is 3.15. The number of carbonyl (C=O) groups is 1. The Bertz CT molecular complexity index is 591. The van der Waals surface area contributed by atoms with Gasteiger partial charge in [0.15, 0.2) is 0 Å². The predicted molar refractivity (Wildman–Crippen MR) is 71.1 cm³/mol. The summed E-state index contributed by atoms with van der Waals surface area (Å²) in [4.78, 5) is 10.7. The molecule has 7 nitrogen and oxygen atoms in total. The molecule has 0 aliphatic carbocycles. The Morgan fingerprint density at radius 1 is 1.53 bits per heavy atom. The molecule has 0 saturated heterocycles. The lowest BCUT2D eigenvalue weighted by Gasteiger charge is -2.03. The Morgan fingerprint density at radius 2 is 2.16 bits per heavy atom. The summed E-state index contributed by atoms with van der Waals surface area (Å²) in [6.07, 6.45) is 3.25. The Hall–Kier alpha value is -1.19. The van der Waals surface area contributed by atoms with Gasteiger partial charge in [-0.1, -0.05) is 0 Å². The maximum Gasteiger partial charge on any atom is 0.352 e. The summed E-state index contributed by atoms with van der Waals surface area (Å²) in [5.41, 5.74) is -0.102. The molecular formula is C10H16N2O5S2. The second kappa shape index (κ2) is 6.31.